The molecule has 0 aliphatic carbocycles. The number of rotatable bonds is 12. The van der Waals surface area contributed by atoms with E-state index in [1.165, 1.54) is 51.7 Å². The Morgan fingerprint density at radius 2 is 1.58 bits per heavy atom. The second-order valence-electron chi connectivity index (χ2n) is 5.29. The standard InChI is InChI=1S/C16H32N2O/c1-5-12-18(13-6-2)14-10-8-7-9-11-17-16(19)15(3)4/h3,5-14H2,1-2,4H3,(H,17,19). The molecule has 0 heterocycles. The number of carbonyl (C=O) groups is 1. The van der Waals surface area contributed by atoms with E-state index in [0.29, 0.717) is 5.57 Å². The normalized spacial score (nSPS) is 10.7. The van der Waals surface area contributed by atoms with Gasteiger partial charge in [-0.3, -0.25) is 4.79 Å². The highest BCUT2D eigenvalue weighted by atomic mass is 16.1. The van der Waals surface area contributed by atoms with Crippen LogP contribution in [0, 0.1) is 0 Å². The zero-order valence-electron chi connectivity index (χ0n) is 13.1. The minimum atomic E-state index is -0.0166. The maximum Gasteiger partial charge on any atom is 0.246 e. The van der Waals surface area contributed by atoms with E-state index in [9.17, 15) is 4.79 Å². The van der Waals surface area contributed by atoms with Crippen molar-refractivity contribution in [2.75, 3.05) is 26.2 Å². The zero-order valence-corrected chi connectivity index (χ0v) is 13.1. The molecule has 0 radical (unpaired) electrons. The third-order valence-corrected chi connectivity index (χ3v) is 3.15. The summed E-state index contributed by atoms with van der Waals surface area (Å²) in [5.41, 5.74) is 0.592. The van der Waals surface area contributed by atoms with Crippen LogP contribution in [0.15, 0.2) is 12.2 Å². The van der Waals surface area contributed by atoms with Crippen molar-refractivity contribution in [3.63, 3.8) is 0 Å². The Kier molecular flexibility index (Phi) is 11.7. The van der Waals surface area contributed by atoms with Crippen LogP contribution in [-0.4, -0.2) is 37.0 Å². The van der Waals surface area contributed by atoms with Crippen molar-refractivity contribution in [1.82, 2.24) is 10.2 Å². The lowest BCUT2D eigenvalue weighted by atomic mass is 10.2. The van der Waals surface area contributed by atoms with E-state index in [1.54, 1.807) is 6.92 Å². The Bertz CT molecular complexity index is 245. The number of carbonyl (C=O) groups excluding carboxylic acids is 1. The lowest BCUT2D eigenvalue weighted by molar-refractivity contribution is -0.117. The fourth-order valence-corrected chi connectivity index (χ4v) is 2.13. The van der Waals surface area contributed by atoms with Gasteiger partial charge in [-0.2, -0.15) is 0 Å². The molecule has 3 heteroatoms. The van der Waals surface area contributed by atoms with E-state index in [1.807, 2.05) is 0 Å². The monoisotopic (exact) mass is 268 g/mol. The van der Waals surface area contributed by atoms with Gasteiger partial charge in [-0.1, -0.05) is 33.3 Å². The minimum Gasteiger partial charge on any atom is -0.352 e. The van der Waals surface area contributed by atoms with Crippen LogP contribution in [0.25, 0.3) is 0 Å². The number of nitrogens with zero attached hydrogens (tertiary/aromatic N) is 1. The predicted molar refractivity (Wildman–Crippen MR) is 83.3 cm³/mol. The average molecular weight is 268 g/mol. The molecular weight excluding hydrogens is 236 g/mol. The van der Waals surface area contributed by atoms with Crippen molar-refractivity contribution < 1.29 is 4.79 Å². The quantitative estimate of drug-likeness (QED) is 0.435. The molecule has 0 atom stereocenters. The van der Waals surface area contributed by atoms with Crippen molar-refractivity contribution in [2.45, 2.75) is 59.3 Å². The summed E-state index contributed by atoms with van der Waals surface area (Å²) < 4.78 is 0. The average Bonchev–Trinajstić information content (AvgIpc) is 2.37. The van der Waals surface area contributed by atoms with E-state index in [4.69, 9.17) is 0 Å². The third-order valence-electron chi connectivity index (χ3n) is 3.15. The number of unbranched alkanes of at least 4 members (excludes halogenated alkanes) is 3. The lowest BCUT2D eigenvalue weighted by Crippen LogP contribution is -2.26. The highest BCUT2D eigenvalue weighted by molar-refractivity contribution is 5.91. The van der Waals surface area contributed by atoms with E-state index in [-0.39, 0.29) is 5.91 Å². The molecule has 0 saturated heterocycles. The van der Waals surface area contributed by atoms with Gasteiger partial charge in [-0.15, -0.1) is 0 Å². The van der Waals surface area contributed by atoms with Crippen LogP contribution in [-0.2, 0) is 4.79 Å². The van der Waals surface area contributed by atoms with Crippen molar-refractivity contribution in [2.24, 2.45) is 0 Å². The molecule has 0 aromatic rings. The first-order valence-corrected chi connectivity index (χ1v) is 7.77. The summed E-state index contributed by atoms with van der Waals surface area (Å²) in [6.07, 6.45) is 7.28. The van der Waals surface area contributed by atoms with E-state index in [0.717, 1.165) is 13.0 Å². The zero-order chi connectivity index (χ0) is 14.5. The van der Waals surface area contributed by atoms with Gasteiger partial charge < -0.3 is 10.2 Å². The highest BCUT2D eigenvalue weighted by Crippen LogP contribution is 2.03. The molecule has 3 nitrogen and oxygen atoms in total. The van der Waals surface area contributed by atoms with Gasteiger partial charge in [-0.05, 0) is 52.2 Å². The summed E-state index contributed by atoms with van der Waals surface area (Å²) >= 11 is 0. The minimum absolute atomic E-state index is 0.0166. The lowest BCUT2D eigenvalue weighted by Gasteiger charge is -2.20. The van der Waals surface area contributed by atoms with Gasteiger partial charge in [0.15, 0.2) is 0 Å². The van der Waals surface area contributed by atoms with Crippen molar-refractivity contribution >= 4 is 5.91 Å². The maximum atomic E-state index is 11.2. The molecule has 0 aliphatic rings. The van der Waals surface area contributed by atoms with E-state index >= 15 is 0 Å². The van der Waals surface area contributed by atoms with Gasteiger partial charge in [0, 0.05) is 12.1 Å². The number of amides is 1. The van der Waals surface area contributed by atoms with Gasteiger partial charge in [0.1, 0.15) is 0 Å². The first kappa shape index (κ1) is 18.2. The first-order valence-electron chi connectivity index (χ1n) is 7.77. The summed E-state index contributed by atoms with van der Waals surface area (Å²) in [6.45, 7) is 14.3. The molecule has 0 spiro atoms. The molecule has 1 N–H and O–H groups in total. The summed E-state index contributed by atoms with van der Waals surface area (Å²) in [7, 11) is 0. The number of hydrogen-bond donors (Lipinski definition) is 1. The van der Waals surface area contributed by atoms with Gasteiger partial charge in [0.2, 0.25) is 5.91 Å². The fourth-order valence-electron chi connectivity index (χ4n) is 2.13. The second kappa shape index (κ2) is 12.2. The van der Waals surface area contributed by atoms with Crippen LogP contribution in [0.2, 0.25) is 0 Å². The third kappa shape index (κ3) is 10.8. The molecule has 1 amide bonds. The topological polar surface area (TPSA) is 32.3 Å². The fraction of sp³-hybridized carbons (Fsp3) is 0.812. The molecule has 112 valence electrons. The van der Waals surface area contributed by atoms with Crippen molar-refractivity contribution in [1.29, 1.82) is 0 Å². The smallest absolute Gasteiger partial charge is 0.246 e. The van der Waals surface area contributed by atoms with Crippen molar-refractivity contribution in [3.8, 4) is 0 Å². The van der Waals surface area contributed by atoms with Crippen LogP contribution in [0.1, 0.15) is 59.3 Å². The molecule has 19 heavy (non-hydrogen) atoms. The largest absolute Gasteiger partial charge is 0.352 e. The van der Waals surface area contributed by atoms with Gasteiger partial charge in [0.25, 0.3) is 0 Å². The summed E-state index contributed by atoms with van der Waals surface area (Å²) in [5.74, 6) is -0.0166. The molecule has 0 unspecified atom stereocenters. The second-order valence-corrected chi connectivity index (χ2v) is 5.29. The van der Waals surface area contributed by atoms with E-state index in [2.05, 4.69) is 30.6 Å². The molecular formula is C16H32N2O. The van der Waals surface area contributed by atoms with E-state index < -0.39 is 0 Å². The number of hydrogen-bond acceptors (Lipinski definition) is 2. The van der Waals surface area contributed by atoms with Gasteiger partial charge in [-0.25, -0.2) is 0 Å². The van der Waals surface area contributed by atoms with Crippen LogP contribution >= 0.6 is 0 Å². The number of nitrogens with one attached hydrogen (secondary N) is 1. The predicted octanol–water partition coefficient (Wildman–Crippen LogP) is 3.36. The Hall–Kier alpha value is -0.830. The SMILES string of the molecule is C=C(C)C(=O)NCCCCCCN(CCC)CCC. The molecule has 0 aromatic carbocycles. The van der Waals surface area contributed by atoms with Crippen LogP contribution < -0.4 is 5.32 Å². The van der Waals surface area contributed by atoms with Gasteiger partial charge >= 0.3 is 0 Å². The summed E-state index contributed by atoms with van der Waals surface area (Å²) in [4.78, 5) is 13.8. The van der Waals surface area contributed by atoms with Gasteiger partial charge in [0.05, 0.1) is 0 Å². The Labute approximate surface area is 119 Å². The van der Waals surface area contributed by atoms with Crippen LogP contribution in [0.4, 0.5) is 0 Å². The van der Waals surface area contributed by atoms with Crippen LogP contribution in [0.3, 0.4) is 0 Å². The van der Waals surface area contributed by atoms with Crippen LogP contribution in [0.5, 0.6) is 0 Å². The summed E-state index contributed by atoms with van der Waals surface area (Å²) in [5, 5.41) is 2.87. The Morgan fingerprint density at radius 1 is 1.00 bits per heavy atom. The molecule has 0 aromatic heterocycles. The molecule has 0 bridgehead atoms. The first-order chi connectivity index (χ1) is 9.11. The van der Waals surface area contributed by atoms with Crippen molar-refractivity contribution in [3.05, 3.63) is 12.2 Å². The Morgan fingerprint density at radius 3 is 2.11 bits per heavy atom. The Balaban J connectivity index is 3.43. The summed E-state index contributed by atoms with van der Waals surface area (Å²) in [6, 6.07) is 0. The maximum absolute atomic E-state index is 11.2. The molecule has 0 fully saturated rings. The molecule has 0 rings (SSSR count). The molecule has 0 saturated carbocycles. The highest BCUT2D eigenvalue weighted by Gasteiger charge is 2.02. The molecule has 0 aliphatic heterocycles.